The summed E-state index contributed by atoms with van der Waals surface area (Å²) in [5.74, 6) is 0. The number of hydrogen-bond donors (Lipinski definition) is 2. The van der Waals surface area contributed by atoms with Crippen molar-refractivity contribution < 1.29 is 17.0 Å². The fourth-order valence-electron chi connectivity index (χ4n) is 3.08. The number of H-pyrrole nitrogens is 2. The third-order valence-electron chi connectivity index (χ3n) is 4.55. The van der Waals surface area contributed by atoms with Gasteiger partial charge in [-0.15, -0.1) is 0 Å². The Kier molecular flexibility index (Phi) is 25.2. The molecule has 4 aromatic heterocycles. The summed E-state index contributed by atoms with van der Waals surface area (Å²) in [5, 5.41) is 3.22. The van der Waals surface area contributed by atoms with Gasteiger partial charge in [0.1, 0.15) is 5.15 Å². The monoisotopic (exact) mass is 676 g/mol. The number of para-hydroxylation sites is 2. The van der Waals surface area contributed by atoms with E-state index in [1.54, 1.807) is 12.3 Å². The van der Waals surface area contributed by atoms with E-state index in [-0.39, 0.29) is 87.7 Å². The molecule has 6 nitrogen and oxygen atoms in total. The largest absolute Gasteiger partial charge is 2.00 e. The number of fused-ring (bicyclic) bond motifs is 2. The second kappa shape index (κ2) is 22.5. The van der Waals surface area contributed by atoms with E-state index in [0.29, 0.717) is 5.15 Å². The van der Waals surface area contributed by atoms with E-state index in [0.717, 1.165) is 22.2 Å². The number of hydrogen-bond acceptors (Lipinski definition) is 4. The zero-order valence-electron chi connectivity index (χ0n) is 19.2. The van der Waals surface area contributed by atoms with E-state index in [4.69, 9.17) is 34.8 Å². The van der Waals surface area contributed by atoms with Gasteiger partial charge >= 0.3 is 23.1 Å². The van der Waals surface area contributed by atoms with Gasteiger partial charge in [-0.3, -0.25) is 0 Å². The first-order chi connectivity index (χ1) is 16.1. The molecule has 0 aliphatic carbocycles. The molecule has 0 unspecified atom stereocenters. The quantitative estimate of drug-likeness (QED) is 0.0863. The standard InChI is InChI=1S/C12H8ClN3.C8H7N.C4H2Cl2N2.4CH4.CH3.BrH.Mg/c13-12-14-6-5-11(16-12)9-7-15-10-4-2-1-3-8(9)10;1-2-4-8-7(3-1)5-6-9-8;5-3-1-2-7-4(6)8-3;;;;;;;/h1-7,15H;1-6,9H;1-2H;4*1H4;1H3;1H;/q;;;;;;;-1;;+2/p-1. The van der Waals surface area contributed by atoms with Gasteiger partial charge in [0.15, 0.2) is 0 Å². The third-order valence-corrected chi connectivity index (χ3v) is 5.12. The summed E-state index contributed by atoms with van der Waals surface area (Å²) >= 11 is 16.5. The number of aromatic amines is 2. The topological polar surface area (TPSA) is 83.1 Å². The summed E-state index contributed by atoms with van der Waals surface area (Å²) in [6.45, 7) is 0. The van der Waals surface area contributed by atoms with Crippen molar-refractivity contribution >= 4 is 79.7 Å². The van der Waals surface area contributed by atoms with Crippen molar-refractivity contribution in [2.24, 2.45) is 0 Å². The smallest absolute Gasteiger partial charge is 1.00 e. The van der Waals surface area contributed by atoms with Crippen molar-refractivity contribution in [2.45, 2.75) is 29.7 Å². The predicted octanol–water partition coefficient (Wildman–Crippen LogP) is 6.85. The maximum Gasteiger partial charge on any atom is 2.00 e. The Morgan fingerprint density at radius 3 is 1.77 bits per heavy atom. The molecule has 2 N–H and O–H groups in total. The minimum absolute atomic E-state index is 0. The molecule has 0 aliphatic heterocycles. The molecule has 0 aliphatic rings. The van der Waals surface area contributed by atoms with Gasteiger partial charge in [-0.05, 0) is 58.9 Å². The molecule has 0 radical (unpaired) electrons. The van der Waals surface area contributed by atoms with E-state index in [1.165, 1.54) is 17.1 Å². The summed E-state index contributed by atoms with van der Waals surface area (Å²) in [6.07, 6.45) is 7.04. The summed E-state index contributed by atoms with van der Waals surface area (Å²) in [5.41, 5.74) is 4.17. The number of nitrogens with zero attached hydrogens (tertiary/aromatic N) is 4. The number of rotatable bonds is 1. The van der Waals surface area contributed by atoms with Gasteiger partial charge in [-0.2, -0.15) is 0 Å². The van der Waals surface area contributed by atoms with Crippen LogP contribution < -0.4 is 17.0 Å². The van der Waals surface area contributed by atoms with Crippen LogP contribution in [0.3, 0.4) is 0 Å². The van der Waals surface area contributed by atoms with E-state index < -0.39 is 0 Å². The maximum absolute atomic E-state index is 5.78. The van der Waals surface area contributed by atoms with Crippen LogP contribution in [-0.2, 0) is 0 Å². The summed E-state index contributed by atoms with van der Waals surface area (Å²) in [7, 11) is 0. The molecule has 0 saturated heterocycles. The number of aromatic nitrogens is 6. The van der Waals surface area contributed by atoms with Crippen molar-refractivity contribution in [1.29, 1.82) is 0 Å². The normalized spacial score (nSPS) is 8.47. The van der Waals surface area contributed by atoms with Crippen LogP contribution in [0.2, 0.25) is 15.7 Å². The van der Waals surface area contributed by atoms with Crippen LogP contribution in [0, 0.1) is 7.43 Å². The van der Waals surface area contributed by atoms with Crippen LogP contribution in [0.15, 0.2) is 91.5 Å². The van der Waals surface area contributed by atoms with Crippen LogP contribution in [-0.4, -0.2) is 53.0 Å². The minimum Gasteiger partial charge on any atom is -1.00 e. The van der Waals surface area contributed by atoms with Crippen LogP contribution >= 0.6 is 34.8 Å². The summed E-state index contributed by atoms with van der Waals surface area (Å²) in [4.78, 5) is 21.6. The van der Waals surface area contributed by atoms with Crippen molar-refractivity contribution in [3.05, 3.63) is 115 Å². The Balaban J connectivity index is -0.000000238. The van der Waals surface area contributed by atoms with Crippen molar-refractivity contribution in [3.63, 3.8) is 0 Å². The Labute approximate surface area is 280 Å². The molecular formula is C29H36BrCl3MgN6. The molecule has 0 atom stereocenters. The average Bonchev–Trinajstić information content (AvgIpc) is 3.47. The Morgan fingerprint density at radius 2 is 1.20 bits per heavy atom. The Morgan fingerprint density at radius 1 is 0.625 bits per heavy atom. The van der Waals surface area contributed by atoms with Gasteiger partial charge in [0.2, 0.25) is 10.6 Å². The summed E-state index contributed by atoms with van der Waals surface area (Å²) < 4.78 is 0. The first-order valence-corrected chi connectivity index (χ1v) is 10.9. The van der Waals surface area contributed by atoms with Gasteiger partial charge in [0, 0.05) is 46.8 Å². The summed E-state index contributed by atoms with van der Waals surface area (Å²) in [6, 6.07) is 21.8. The number of halogens is 4. The molecule has 0 fully saturated rings. The van der Waals surface area contributed by atoms with Crippen molar-refractivity contribution in [3.8, 4) is 11.3 Å². The van der Waals surface area contributed by atoms with E-state index in [1.807, 2.05) is 48.8 Å². The van der Waals surface area contributed by atoms with Gasteiger partial charge < -0.3 is 34.4 Å². The van der Waals surface area contributed by atoms with E-state index >= 15 is 0 Å². The molecule has 0 bridgehead atoms. The van der Waals surface area contributed by atoms with Crippen LogP contribution in [0.1, 0.15) is 29.7 Å². The second-order valence-electron chi connectivity index (χ2n) is 6.67. The van der Waals surface area contributed by atoms with Gasteiger partial charge in [-0.25, -0.2) is 19.9 Å². The molecule has 6 rings (SSSR count). The van der Waals surface area contributed by atoms with Gasteiger partial charge in [-0.1, -0.05) is 77.7 Å². The first kappa shape index (κ1) is 44.8. The van der Waals surface area contributed by atoms with Gasteiger partial charge in [0.05, 0.1) is 5.69 Å². The molecule has 0 amide bonds. The number of nitrogens with one attached hydrogen (secondary N) is 2. The van der Waals surface area contributed by atoms with Crippen molar-refractivity contribution in [2.75, 3.05) is 0 Å². The zero-order chi connectivity index (χ0) is 23.0. The van der Waals surface area contributed by atoms with Gasteiger partial charge in [0.25, 0.3) is 0 Å². The minimum atomic E-state index is 0. The molecule has 0 spiro atoms. The van der Waals surface area contributed by atoms with Crippen LogP contribution in [0.4, 0.5) is 0 Å². The molecular weight excluding hydrogens is 643 g/mol. The fraction of sp³-hybridized carbons (Fsp3) is 0.138. The molecule has 2 aromatic carbocycles. The fourth-order valence-corrected chi connectivity index (χ4v) is 3.55. The predicted molar refractivity (Wildman–Crippen MR) is 174 cm³/mol. The second-order valence-corrected chi connectivity index (χ2v) is 7.74. The van der Waals surface area contributed by atoms with E-state index in [2.05, 4.69) is 54.2 Å². The van der Waals surface area contributed by atoms with Crippen LogP contribution in [0.5, 0.6) is 0 Å². The maximum atomic E-state index is 5.78. The Bertz CT molecular complexity index is 1450. The molecule has 11 heteroatoms. The zero-order valence-corrected chi connectivity index (χ0v) is 24.4. The van der Waals surface area contributed by atoms with E-state index in [9.17, 15) is 0 Å². The number of benzene rings is 2. The molecule has 4 heterocycles. The van der Waals surface area contributed by atoms with Crippen molar-refractivity contribution in [1.82, 2.24) is 29.9 Å². The Hall–Kier alpha value is -2.20. The molecule has 6 aromatic rings. The molecule has 212 valence electrons. The average molecular weight is 679 g/mol. The SMILES string of the molecule is C.C.C.C.Clc1ccnc(Cl)n1.Clc1nccc(-c2c[nH]c3ccccc23)n1.[Br-].[CH3-].[Mg+2].c1ccc2[nH]ccc2c1. The van der Waals surface area contributed by atoms with Crippen LogP contribution in [0.25, 0.3) is 33.1 Å². The third kappa shape index (κ3) is 12.5. The molecule has 40 heavy (non-hydrogen) atoms. The molecule has 0 saturated carbocycles. The first-order valence-electron chi connectivity index (χ1n) is 9.81.